The monoisotopic (exact) mass is 347 g/mol. The molecule has 0 radical (unpaired) electrons. The second-order valence-electron chi connectivity index (χ2n) is 5.03. The molecule has 0 aliphatic carbocycles. The Kier molecular flexibility index (Phi) is 5.02. The van der Waals surface area contributed by atoms with Gasteiger partial charge in [-0.3, -0.25) is 0 Å². The van der Waals surface area contributed by atoms with Crippen molar-refractivity contribution in [2.24, 2.45) is 0 Å². The molecule has 0 spiro atoms. The first-order valence-corrected chi connectivity index (χ1v) is 7.48. The summed E-state index contributed by atoms with van der Waals surface area (Å²) in [5, 5.41) is 3.40. The number of esters is 1. The summed E-state index contributed by atoms with van der Waals surface area (Å²) in [6.07, 6.45) is 0. The second kappa shape index (κ2) is 6.76. The molecular formula is C17H18BrNO2. The maximum absolute atomic E-state index is 11.5. The van der Waals surface area contributed by atoms with Crippen LogP contribution >= 0.6 is 15.9 Å². The quantitative estimate of drug-likeness (QED) is 0.829. The number of carbonyl (C=O) groups is 1. The number of hydrogen-bond acceptors (Lipinski definition) is 3. The minimum atomic E-state index is -0.329. The van der Waals surface area contributed by atoms with Crippen molar-refractivity contribution in [3.8, 4) is 0 Å². The first-order valence-electron chi connectivity index (χ1n) is 6.68. The maximum Gasteiger partial charge on any atom is 0.337 e. The van der Waals surface area contributed by atoms with E-state index in [9.17, 15) is 4.79 Å². The van der Waals surface area contributed by atoms with Crippen molar-refractivity contribution in [2.45, 2.75) is 20.4 Å². The minimum Gasteiger partial charge on any atom is -0.465 e. The summed E-state index contributed by atoms with van der Waals surface area (Å²) < 4.78 is 5.60. The van der Waals surface area contributed by atoms with Crippen molar-refractivity contribution < 1.29 is 9.53 Å². The fraction of sp³-hybridized carbons (Fsp3) is 0.235. The average Bonchev–Trinajstić information content (AvgIpc) is 2.44. The first kappa shape index (κ1) is 15.6. The summed E-state index contributed by atoms with van der Waals surface area (Å²) in [6, 6.07) is 11.9. The van der Waals surface area contributed by atoms with E-state index in [1.165, 1.54) is 18.2 Å². The van der Waals surface area contributed by atoms with Crippen LogP contribution < -0.4 is 5.32 Å². The minimum absolute atomic E-state index is 0.329. The lowest BCUT2D eigenvalue weighted by molar-refractivity contribution is 0.0600. The zero-order valence-electron chi connectivity index (χ0n) is 12.4. The van der Waals surface area contributed by atoms with Gasteiger partial charge in [-0.05, 0) is 54.8 Å². The Morgan fingerprint density at radius 2 is 1.81 bits per heavy atom. The number of aryl methyl sites for hydroxylation is 2. The Morgan fingerprint density at radius 1 is 1.14 bits per heavy atom. The normalized spacial score (nSPS) is 10.3. The number of methoxy groups -OCH3 is 1. The summed E-state index contributed by atoms with van der Waals surface area (Å²) in [6.45, 7) is 4.85. The Bertz CT molecular complexity index is 648. The van der Waals surface area contributed by atoms with Gasteiger partial charge in [-0.2, -0.15) is 0 Å². The number of hydrogen-bond donors (Lipinski definition) is 1. The third-order valence-corrected chi connectivity index (χ3v) is 3.92. The van der Waals surface area contributed by atoms with Gasteiger partial charge in [-0.15, -0.1) is 0 Å². The van der Waals surface area contributed by atoms with Crippen molar-refractivity contribution in [1.82, 2.24) is 0 Å². The third kappa shape index (κ3) is 4.08. The molecule has 3 nitrogen and oxygen atoms in total. The molecule has 110 valence electrons. The van der Waals surface area contributed by atoms with Crippen molar-refractivity contribution in [1.29, 1.82) is 0 Å². The molecule has 2 aromatic rings. The fourth-order valence-corrected chi connectivity index (χ4v) is 2.73. The molecule has 0 saturated heterocycles. The molecule has 0 amide bonds. The van der Waals surface area contributed by atoms with E-state index in [1.54, 1.807) is 12.1 Å². The van der Waals surface area contributed by atoms with Gasteiger partial charge >= 0.3 is 5.97 Å². The van der Waals surface area contributed by atoms with Gasteiger partial charge < -0.3 is 10.1 Å². The zero-order chi connectivity index (χ0) is 15.4. The third-order valence-electron chi connectivity index (χ3n) is 3.18. The highest BCUT2D eigenvalue weighted by atomic mass is 79.9. The molecule has 2 rings (SSSR count). The van der Waals surface area contributed by atoms with E-state index in [4.69, 9.17) is 4.74 Å². The summed E-state index contributed by atoms with van der Waals surface area (Å²) >= 11 is 3.50. The van der Waals surface area contributed by atoms with E-state index in [1.807, 2.05) is 6.07 Å². The summed E-state index contributed by atoms with van der Waals surface area (Å²) in [5.74, 6) is -0.329. The molecule has 1 N–H and O–H groups in total. The molecule has 21 heavy (non-hydrogen) atoms. The van der Waals surface area contributed by atoms with Gasteiger partial charge in [0.2, 0.25) is 0 Å². The second-order valence-corrected chi connectivity index (χ2v) is 5.88. The van der Waals surface area contributed by atoms with Crippen LogP contribution in [0.3, 0.4) is 0 Å². The topological polar surface area (TPSA) is 38.3 Å². The molecule has 0 heterocycles. The Balaban J connectivity index is 2.11. The van der Waals surface area contributed by atoms with Crippen molar-refractivity contribution in [3.63, 3.8) is 0 Å². The molecule has 0 atom stereocenters. The van der Waals surface area contributed by atoms with Gasteiger partial charge in [0, 0.05) is 16.7 Å². The van der Waals surface area contributed by atoms with E-state index in [0.717, 1.165) is 15.7 Å². The van der Waals surface area contributed by atoms with Crippen LogP contribution in [-0.4, -0.2) is 13.1 Å². The number of nitrogens with one attached hydrogen (secondary N) is 1. The van der Waals surface area contributed by atoms with Gasteiger partial charge in [-0.25, -0.2) is 4.79 Å². The van der Waals surface area contributed by atoms with Crippen LogP contribution in [0.15, 0.2) is 40.9 Å². The van der Waals surface area contributed by atoms with Crippen LogP contribution in [0.1, 0.15) is 27.0 Å². The van der Waals surface area contributed by atoms with E-state index < -0.39 is 0 Å². The average molecular weight is 348 g/mol. The number of rotatable bonds is 4. The smallest absolute Gasteiger partial charge is 0.337 e. The van der Waals surface area contributed by atoms with Crippen molar-refractivity contribution in [2.75, 3.05) is 12.4 Å². The Hall–Kier alpha value is -1.81. The summed E-state index contributed by atoms with van der Waals surface area (Å²) in [7, 11) is 1.38. The molecular weight excluding hydrogens is 330 g/mol. The molecule has 0 fully saturated rings. The molecule has 0 bridgehead atoms. The van der Waals surface area contributed by atoms with Gasteiger partial charge in [0.15, 0.2) is 0 Å². The van der Waals surface area contributed by atoms with Gasteiger partial charge in [0.25, 0.3) is 0 Å². The van der Waals surface area contributed by atoms with Crippen molar-refractivity contribution in [3.05, 3.63) is 63.1 Å². The lowest BCUT2D eigenvalue weighted by Gasteiger charge is -2.11. The number of anilines is 1. The standard InChI is InChI=1S/C17H18BrNO2/c1-11-6-12(2)8-15(7-11)19-10-14-5-4-13(9-16(14)18)17(20)21-3/h4-9,19H,10H2,1-3H3. The van der Waals surface area contributed by atoms with Crippen LogP contribution in [0.25, 0.3) is 0 Å². The predicted molar refractivity (Wildman–Crippen MR) is 88.7 cm³/mol. The summed E-state index contributed by atoms with van der Waals surface area (Å²) in [4.78, 5) is 11.5. The zero-order valence-corrected chi connectivity index (χ0v) is 14.0. The molecule has 0 unspecified atom stereocenters. The summed E-state index contributed by atoms with van der Waals surface area (Å²) in [5.41, 5.74) is 5.19. The van der Waals surface area contributed by atoms with Crippen molar-refractivity contribution >= 4 is 27.6 Å². The van der Waals surface area contributed by atoms with Crippen LogP contribution in [0.2, 0.25) is 0 Å². The fourth-order valence-electron chi connectivity index (χ4n) is 2.21. The van der Waals surface area contributed by atoms with E-state index in [0.29, 0.717) is 12.1 Å². The van der Waals surface area contributed by atoms with Crippen LogP contribution in [0.5, 0.6) is 0 Å². The Morgan fingerprint density at radius 3 is 2.38 bits per heavy atom. The van der Waals surface area contributed by atoms with E-state index >= 15 is 0 Å². The predicted octanol–water partition coefficient (Wildman–Crippen LogP) is 4.46. The highest BCUT2D eigenvalue weighted by molar-refractivity contribution is 9.10. The van der Waals surface area contributed by atoms with Gasteiger partial charge in [0.05, 0.1) is 12.7 Å². The molecule has 2 aromatic carbocycles. The van der Waals surface area contributed by atoms with E-state index in [2.05, 4.69) is 53.3 Å². The number of benzene rings is 2. The van der Waals surface area contributed by atoms with Crippen LogP contribution in [0.4, 0.5) is 5.69 Å². The van der Waals surface area contributed by atoms with Gasteiger partial charge in [-0.1, -0.05) is 28.1 Å². The molecule has 4 heteroatoms. The molecule has 0 aromatic heterocycles. The highest BCUT2D eigenvalue weighted by Crippen LogP contribution is 2.21. The number of carbonyl (C=O) groups excluding carboxylic acids is 1. The molecule has 0 saturated carbocycles. The van der Waals surface area contributed by atoms with E-state index in [-0.39, 0.29) is 5.97 Å². The number of halogens is 1. The lowest BCUT2D eigenvalue weighted by atomic mass is 10.1. The highest BCUT2D eigenvalue weighted by Gasteiger charge is 2.08. The lowest BCUT2D eigenvalue weighted by Crippen LogP contribution is -2.04. The SMILES string of the molecule is COC(=O)c1ccc(CNc2cc(C)cc(C)c2)c(Br)c1. The van der Waals surface area contributed by atoms with Gasteiger partial charge in [0.1, 0.15) is 0 Å². The number of ether oxygens (including phenoxy) is 1. The molecule has 0 aliphatic rings. The van der Waals surface area contributed by atoms with Crippen LogP contribution in [-0.2, 0) is 11.3 Å². The molecule has 0 aliphatic heterocycles. The largest absolute Gasteiger partial charge is 0.465 e. The Labute approximate surface area is 133 Å². The van der Waals surface area contributed by atoms with Crippen LogP contribution in [0, 0.1) is 13.8 Å². The maximum atomic E-state index is 11.5. The first-order chi connectivity index (χ1) is 9.99.